The number of hydrogen-bond acceptors (Lipinski definition) is 0. The minimum atomic E-state index is -0.368. The summed E-state index contributed by atoms with van der Waals surface area (Å²) in [6, 6.07) is 38.6. The van der Waals surface area contributed by atoms with Gasteiger partial charge in [-0.15, -0.1) is 0 Å². The molecule has 0 amide bonds. The summed E-state index contributed by atoms with van der Waals surface area (Å²) in [6.07, 6.45) is 0. The zero-order chi connectivity index (χ0) is 23.0. The Bertz CT molecular complexity index is 1600. The van der Waals surface area contributed by atoms with E-state index in [0.717, 1.165) is 0 Å². The second-order valence-electron chi connectivity index (χ2n) is 9.18. The van der Waals surface area contributed by atoms with Gasteiger partial charge in [0.1, 0.15) is 0 Å². The molecular weight excluding hydrogens is 638 g/mol. The van der Waals surface area contributed by atoms with Crippen LogP contribution in [0, 0.1) is 14.1 Å². The third-order valence-corrected chi connectivity index (χ3v) is 11.1. The zero-order valence-electron chi connectivity index (χ0n) is 18.6. The normalized spacial score (nSPS) is 14.0. The van der Waals surface area contributed by atoms with E-state index >= 15 is 0 Å². The van der Waals surface area contributed by atoms with Crippen molar-refractivity contribution in [1.82, 2.24) is 0 Å². The van der Waals surface area contributed by atoms with Gasteiger partial charge in [0.25, 0.3) is 0 Å². The molecule has 5 aromatic rings. The van der Waals surface area contributed by atoms with E-state index in [9.17, 15) is 0 Å². The molecule has 1 spiro atoms. The minimum absolute atomic E-state index is 0.368. The highest BCUT2D eigenvalue weighted by Gasteiger charge is 2.50. The van der Waals surface area contributed by atoms with Crippen LogP contribution in [0.25, 0.3) is 33.4 Å². The van der Waals surface area contributed by atoms with Crippen LogP contribution >= 0.6 is 45.2 Å². The van der Waals surface area contributed by atoms with Crippen LogP contribution in [0.2, 0.25) is 0 Å². The molecule has 0 aliphatic heterocycles. The maximum atomic E-state index is 2.59. The Labute approximate surface area is 227 Å². The molecule has 0 radical (unpaired) electrons. The quantitative estimate of drug-likeness (QED) is 0.143. The smallest absolute Gasteiger partial charge is 0.0619 e. The topological polar surface area (TPSA) is 0 Å². The minimum Gasteiger partial charge on any atom is -0.0619 e. The number of aryl methyl sites for hydroxylation is 1. The SMILES string of the molecule is Cc1cc2c(c(I)c1I)-c1ccccc1-c1ccccc1C21c2ccccc2-c2ccccc21. The van der Waals surface area contributed by atoms with E-state index in [0.29, 0.717) is 0 Å². The van der Waals surface area contributed by atoms with Crippen LogP contribution in [0.1, 0.15) is 27.8 Å². The summed E-state index contributed by atoms with van der Waals surface area (Å²) in [5.41, 5.74) is 14.5. The number of hydrogen-bond donors (Lipinski definition) is 0. The summed E-state index contributed by atoms with van der Waals surface area (Å²) in [7, 11) is 0. The summed E-state index contributed by atoms with van der Waals surface area (Å²) in [6.45, 7) is 2.26. The van der Waals surface area contributed by atoms with Crippen LogP contribution in [0.5, 0.6) is 0 Å². The zero-order valence-corrected chi connectivity index (χ0v) is 22.9. The van der Waals surface area contributed by atoms with Gasteiger partial charge in [-0.2, -0.15) is 0 Å². The molecule has 0 nitrogen and oxygen atoms in total. The standard InChI is InChI=1S/C32H20I2/c1-19-18-28-29(31(34)30(19)33)24-14-3-2-10-20(24)21-11-4-7-15-25(21)32(28)26-16-8-5-12-22(26)23-13-6-9-17-27(23)32/h2-18H,1H3. The molecule has 0 fully saturated rings. The first-order valence-electron chi connectivity index (χ1n) is 11.5. The van der Waals surface area contributed by atoms with E-state index in [2.05, 4.69) is 155 Å². The van der Waals surface area contributed by atoms with Gasteiger partial charge in [-0.25, -0.2) is 0 Å². The van der Waals surface area contributed by atoms with Crippen molar-refractivity contribution in [2.75, 3.05) is 0 Å². The Kier molecular flexibility index (Phi) is 4.63. The number of fused-ring (bicyclic) bond motifs is 12. The number of rotatable bonds is 0. The fourth-order valence-corrected chi connectivity index (χ4v) is 7.69. The summed E-state index contributed by atoms with van der Waals surface area (Å²) in [4.78, 5) is 0. The molecule has 7 rings (SSSR count). The van der Waals surface area contributed by atoms with E-state index in [1.807, 2.05) is 0 Å². The summed E-state index contributed by atoms with van der Waals surface area (Å²) >= 11 is 5.12. The van der Waals surface area contributed by atoms with Gasteiger partial charge in [-0.3, -0.25) is 0 Å². The lowest BCUT2D eigenvalue weighted by molar-refractivity contribution is 0.773. The van der Waals surface area contributed by atoms with Gasteiger partial charge in [0.2, 0.25) is 0 Å². The van der Waals surface area contributed by atoms with Crippen LogP contribution in [0.4, 0.5) is 0 Å². The predicted octanol–water partition coefficient (Wildman–Crippen LogP) is 9.21. The van der Waals surface area contributed by atoms with Crippen molar-refractivity contribution >= 4 is 45.2 Å². The summed E-state index contributed by atoms with van der Waals surface area (Å²) in [5.74, 6) is 0. The highest BCUT2D eigenvalue weighted by Crippen LogP contribution is 2.62. The summed E-state index contributed by atoms with van der Waals surface area (Å²) < 4.78 is 2.68. The Morgan fingerprint density at radius 3 is 1.41 bits per heavy atom. The molecule has 162 valence electrons. The molecule has 0 unspecified atom stereocenters. The van der Waals surface area contributed by atoms with Gasteiger partial charge in [0, 0.05) is 12.7 Å². The molecule has 0 bridgehead atoms. The average molecular weight is 658 g/mol. The number of benzene rings is 5. The van der Waals surface area contributed by atoms with Gasteiger partial charge in [0.15, 0.2) is 0 Å². The monoisotopic (exact) mass is 658 g/mol. The number of halogens is 2. The lowest BCUT2D eigenvalue weighted by Gasteiger charge is -2.36. The van der Waals surface area contributed by atoms with Crippen molar-refractivity contribution in [2.24, 2.45) is 0 Å². The lowest BCUT2D eigenvalue weighted by atomic mass is 9.65. The van der Waals surface area contributed by atoms with E-state index in [-0.39, 0.29) is 5.41 Å². The fraction of sp³-hybridized carbons (Fsp3) is 0.0625. The second-order valence-corrected chi connectivity index (χ2v) is 11.3. The first-order chi connectivity index (χ1) is 16.6. The molecule has 0 atom stereocenters. The van der Waals surface area contributed by atoms with E-state index in [1.54, 1.807) is 0 Å². The van der Waals surface area contributed by atoms with Crippen LogP contribution in [0.3, 0.4) is 0 Å². The van der Waals surface area contributed by atoms with Crippen molar-refractivity contribution in [2.45, 2.75) is 12.3 Å². The van der Waals surface area contributed by atoms with Crippen LogP contribution in [-0.4, -0.2) is 0 Å². The van der Waals surface area contributed by atoms with Crippen LogP contribution < -0.4 is 0 Å². The molecule has 0 saturated carbocycles. The molecule has 2 heteroatoms. The van der Waals surface area contributed by atoms with Crippen molar-refractivity contribution in [3.8, 4) is 33.4 Å². The molecule has 0 saturated heterocycles. The molecule has 0 heterocycles. The predicted molar refractivity (Wildman–Crippen MR) is 158 cm³/mol. The van der Waals surface area contributed by atoms with Gasteiger partial charge in [0.05, 0.1) is 5.41 Å². The molecular formula is C32H20I2. The highest BCUT2D eigenvalue weighted by molar-refractivity contribution is 14.1. The third-order valence-electron chi connectivity index (χ3n) is 7.56. The third kappa shape index (κ3) is 2.53. The largest absolute Gasteiger partial charge is 0.0726 e. The van der Waals surface area contributed by atoms with Crippen molar-refractivity contribution < 1.29 is 0 Å². The molecule has 0 aromatic heterocycles. The molecule has 2 aliphatic carbocycles. The molecule has 34 heavy (non-hydrogen) atoms. The first-order valence-corrected chi connectivity index (χ1v) is 13.7. The van der Waals surface area contributed by atoms with E-state index in [4.69, 9.17) is 0 Å². The van der Waals surface area contributed by atoms with Crippen molar-refractivity contribution in [3.63, 3.8) is 0 Å². The van der Waals surface area contributed by atoms with Gasteiger partial charge >= 0.3 is 0 Å². The van der Waals surface area contributed by atoms with Crippen molar-refractivity contribution in [3.05, 3.63) is 138 Å². The maximum Gasteiger partial charge on any atom is 0.0726 e. The Balaban J connectivity index is 1.81. The second kappa shape index (κ2) is 7.53. The van der Waals surface area contributed by atoms with Crippen LogP contribution in [0.15, 0.2) is 103 Å². The Morgan fingerprint density at radius 2 is 0.882 bits per heavy atom. The van der Waals surface area contributed by atoms with Gasteiger partial charge in [-0.05, 0) is 108 Å². The Morgan fingerprint density at radius 1 is 0.471 bits per heavy atom. The van der Waals surface area contributed by atoms with E-state index in [1.165, 1.54) is 68.3 Å². The highest BCUT2D eigenvalue weighted by atomic mass is 127. The molecule has 2 aliphatic rings. The van der Waals surface area contributed by atoms with Crippen molar-refractivity contribution in [1.29, 1.82) is 0 Å². The lowest BCUT2D eigenvalue weighted by Crippen LogP contribution is -2.30. The fourth-order valence-electron chi connectivity index (χ4n) is 6.25. The maximum absolute atomic E-state index is 2.59. The summed E-state index contributed by atoms with van der Waals surface area (Å²) in [5, 5.41) is 0. The first kappa shape index (κ1) is 20.9. The van der Waals surface area contributed by atoms with Gasteiger partial charge < -0.3 is 0 Å². The Hall–Kier alpha value is -2.44. The molecule has 5 aromatic carbocycles. The van der Waals surface area contributed by atoms with Gasteiger partial charge in [-0.1, -0.05) is 103 Å². The average Bonchev–Trinajstić information content (AvgIpc) is 3.12. The molecule has 0 N–H and O–H groups in total. The van der Waals surface area contributed by atoms with Crippen LogP contribution in [-0.2, 0) is 5.41 Å². The van der Waals surface area contributed by atoms with E-state index < -0.39 is 0 Å².